The van der Waals surface area contributed by atoms with Crippen molar-refractivity contribution >= 4 is 11.6 Å². The summed E-state index contributed by atoms with van der Waals surface area (Å²) in [6.45, 7) is 1.66. The van der Waals surface area contributed by atoms with Crippen molar-refractivity contribution in [2.24, 2.45) is 0 Å². The third-order valence-corrected chi connectivity index (χ3v) is 2.12. The molecule has 1 aromatic carbocycles. The van der Waals surface area contributed by atoms with Gasteiger partial charge in [-0.05, 0) is 18.6 Å². The predicted molar refractivity (Wildman–Crippen MR) is 53.4 cm³/mol. The average molecular weight is 219 g/mol. The maximum Gasteiger partial charge on any atom is 0.167 e. The molecule has 2 nitrogen and oxygen atoms in total. The largest absolute Gasteiger partial charge is 0.488 e. The van der Waals surface area contributed by atoms with E-state index in [0.717, 1.165) is 0 Å². The number of alkyl halides is 1. The molecule has 0 bridgehead atoms. The molecule has 1 N–H and O–H groups in total. The van der Waals surface area contributed by atoms with Crippen LogP contribution in [0.3, 0.4) is 0 Å². The van der Waals surface area contributed by atoms with E-state index in [1.165, 1.54) is 6.07 Å². The van der Waals surface area contributed by atoms with Gasteiger partial charge in [0.05, 0.1) is 5.88 Å². The number of benzene rings is 1. The van der Waals surface area contributed by atoms with Crippen molar-refractivity contribution in [3.05, 3.63) is 29.6 Å². The van der Waals surface area contributed by atoms with Crippen molar-refractivity contribution in [2.45, 2.75) is 13.0 Å². The molecule has 0 saturated carbocycles. The van der Waals surface area contributed by atoms with Crippen LogP contribution in [0.15, 0.2) is 18.2 Å². The Bertz CT molecular complexity index is 304. The van der Waals surface area contributed by atoms with Gasteiger partial charge in [-0.25, -0.2) is 4.39 Å². The summed E-state index contributed by atoms with van der Waals surface area (Å²) in [5, 5.41) is 9.10. The van der Waals surface area contributed by atoms with Crippen LogP contribution in [0.25, 0.3) is 0 Å². The van der Waals surface area contributed by atoms with Crippen molar-refractivity contribution < 1.29 is 14.2 Å². The molecule has 0 heterocycles. The first-order chi connectivity index (χ1) is 6.65. The second kappa shape index (κ2) is 5.17. The number of aliphatic hydroxyl groups is 1. The van der Waals surface area contributed by atoms with Crippen molar-refractivity contribution in [1.82, 2.24) is 0 Å². The van der Waals surface area contributed by atoms with Gasteiger partial charge in [-0.2, -0.15) is 0 Å². The van der Waals surface area contributed by atoms with Crippen LogP contribution in [-0.2, 0) is 0 Å². The fourth-order valence-electron chi connectivity index (χ4n) is 0.962. The summed E-state index contributed by atoms with van der Waals surface area (Å²) in [4.78, 5) is 0. The molecule has 0 aliphatic carbocycles. The molecule has 4 heteroatoms. The van der Waals surface area contributed by atoms with Crippen LogP contribution < -0.4 is 4.74 Å². The highest BCUT2D eigenvalue weighted by Crippen LogP contribution is 2.19. The molecular formula is C10H12ClFO2. The minimum Gasteiger partial charge on any atom is -0.488 e. The van der Waals surface area contributed by atoms with Crippen LogP contribution >= 0.6 is 11.6 Å². The Balaban J connectivity index is 2.63. The zero-order valence-corrected chi connectivity index (χ0v) is 8.59. The number of aliphatic hydroxyl groups excluding tert-OH is 1. The van der Waals surface area contributed by atoms with Gasteiger partial charge in [-0.3, -0.25) is 0 Å². The zero-order chi connectivity index (χ0) is 10.6. The summed E-state index contributed by atoms with van der Waals surface area (Å²) in [6, 6.07) is 4.87. The number of rotatable bonds is 4. The van der Waals surface area contributed by atoms with Crippen molar-refractivity contribution in [2.75, 3.05) is 12.5 Å². The van der Waals surface area contributed by atoms with Gasteiger partial charge in [-0.15, -0.1) is 11.6 Å². The molecule has 1 rings (SSSR count). The third kappa shape index (κ3) is 2.86. The number of halogens is 2. The van der Waals surface area contributed by atoms with Gasteiger partial charge in [0.15, 0.2) is 11.6 Å². The van der Waals surface area contributed by atoms with E-state index in [-0.39, 0.29) is 18.2 Å². The fraction of sp³-hybridized carbons (Fsp3) is 0.400. The molecule has 1 atom stereocenters. The first kappa shape index (κ1) is 11.3. The van der Waals surface area contributed by atoms with Crippen LogP contribution in [0.1, 0.15) is 5.56 Å². The average Bonchev–Trinajstić information content (AvgIpc) is 2.20. The van der Waals surface area contributed by atoms with Gasteiger partial charge < -0.3 is 9.84 Å². The lowest BCUT2D eigenvalue weighted by molar-refractivity contribution is 0.122. The normalized spacial score (nSPS) is 12.6. The van der Waals surface area contributed by atoms with E-state index in [0.29, 0.717) is 5.56 Å². The van der Waals surface area contributed by atoms with E-state index in [1.54, 1.807) is 19.1 Å². The van der Waals surface area contributed by atoms with E-state index in [2.05, 4.69) is 0 Å². The molecule has 0 saturated heterocycles. The number of hydrogen-bond acceptors (Lipinski definition) is 2. The lowest BCUT2D eigenvalue weighted by Gasteiger charge is -2.10. The smallest absolute Gasteiger partial charge is 0.167 e. The quantitative estimate of drug-likeness (QED) is 0.785. The first-order valence-corrected chi connectivity index (χ1v) is 4.80. The van der Waals surface area contributed by atoms with Gasteiger partial charge in [-0.1, -0.05) is 12.1 Å². The summed E-state index contributed by atoms with van der Waals surface area (Å²) in [5.74, 6) is -0.170. The maximum absolute atomic E-state index is 13.3. The molecule has 1 aromatic rings. The highest BCUT2D eigenvalue weighted by Gasteiger charge is 2.08. The third-order valence-electron chi connectivity index (χ3n) is 1.77. The maximum atomic E-state index is 13.3. The molecule has 0 aliphatic heterocycles. The van der Waals surface area contributed by atoms with Gasteiger partial charge in [0.1, 0.15) is 12.7 Å². The fourth-order valence-corrected chi connectivity index (χ4v) is 1.05. The standard InChI is InChI=1S/C10H12ClFO2/c1-7-3-2-4-9(10(7)12)14-6-8(13)5-11/h2-4,8,13H,5-6H2,1H3. The zero-order valence-electron chi connectivity index (χ0n) is 7.84. The molecule has 78 valence electrons. The molecule has 0 aliphatic rings. The second-order valence-electron chi connectivity index (χ2n) is 3.01. The first-order valence-electron chi connectivity index (χ1n) is 4.27. The summed E-state index contributed by atoms with van der Waals surface area (Å²) in [6.07, 6.45) is -0.767. The van der Waals surface area contributed by atoms with Crippen LogP contribution in [0.2, 0.25) is 0 Å². The molecule has 0 radical (unpaired) electrons. The molecule has 0 fully saturated rings. The van der Waals surface area contributed by atoms with Crippen LogP contribution in [0.5, 0.6) is 5.75 Å². The Morgan fingerprint density at radius 2 is 2.29 bits per heavy atom. The SMILES string of the molecule is Cc1cccc(OCC(O)CCl)c1F. The monoisotopic (exact) mass is 218 g/mol. The molecule has 0 aromatic heterocycles. The van der Waals surface area contributed by atoms with E-state index in [9.17, 15) is 4.39 Å². The molecular weight excluding hydrogens is 207 g/mol. The number of hydrogen-bond donors (Lipinski definition) is 1. The van der Waals surface area contributed by atoms with Gasteiger partial charge in [0.2, 0.25) is 0 Å². The van der Waals surface area contributed by atoms with E-state index in [4.69, 9.17) is 21.4 Å². The summed E-state index contributed by atoms with van der Waals surface area (Å²) < 4.78 is 18.4. The summed E-state index contributed by atoms with van der Waals surface area (Å²) in [5.41, 5.74) is 0.517. The topological polar surface area (TPSA) is 29.5 Å². The molecule has 14 heavy (non-hydrogen) atoms. The summed E-state index contributed by atoms with van der Waals surface area (Å²) >= 11 is 5.37. The molecule has 1 unspecified atom stereocenters. The van der Waals surface area contributed by atoms with Crippen molar-refractivity contribution in [3.8, 4) is 5.75 Å². The Labute approximate surface area is 87.3 Å². The Morgan fingerprint density at radius 1 is 1.57 bits per heavy atom. The van der Waals surface area contributed by atoms with E-state index >= 15 is 0 Å². The highest BCUT2D eigenvalue weighted by atomic mass is 35.5. The predicted octanol–water partition coefficient (Wildman–Crippen LogP) is 2.11. The second-order valence-corrected chi connectivity index (χ2v) is 3.31. The highest BCUT2D eigenvalue weighted by molar-refractivity contribution is 6.18. The number of ether oxygens (including phenoxy) is 1. The van der Waals surface area contributed by atoms with Gasteiger partial charge in [0.25, 0.3) is 0 Å². The lowest BCUT2D eigenvalue weighted by atomic mass is 10.2. The minimum atomic E-state index is -0.767. The van der Waals surface area contributed by atoms with Gasteiger partial charge in [0, 0.05) is 0 Å². The van der Waals surface area contributed by atoms with Gasteiger partial charge >= 0.3 is 0 Å². The van der Waals surface area contributed by atoms with E-state index < -0.39 is 11.9 Å². The molecule has 0 amide bonds. The van der Waals surface area contributed by atoms with Crippen LogP contribution in [0, 0.1) is 12.7 Å². The van der Waals surface area contributed by atoms with Crippen molar-refractivity contribution in [1.29, 1.82) is 0 Å². The Morgan fingerprint density at radius 3 is 2.93 bits per heavy atom. The van der Waals surface area contributed by atoms with E-state index in [1.807, 2.05) is 0 Å². The Hall–Kier alpha value is -0.800. The lowest BCUT2D eigenvalue weighted by Crippen LogP contribution is -2.19. The van der Waals surface area contributed by atoms with Crippen molar-refractivity contribution in [3.63, 3.8) is 0 Å². The van der Waals surface area contributed by atoms with Crippen LogP contribution in [-0.4, -0.2) is 23.7 Å². The molecule has 0 spiro atoms. The van der Waals surface area contributed by atoms with Crippen LogP contribution in [0.4, 0.5) is 4.39 Å². The summed E-state index contributed by atoms with van der Waals surface area (Å²) in [7, 11) is 0. The number of aryl methyl sites for hydroxylation is 1. The minimum absolute atomic E-state index is 0.00384. The Kier molecular flexibility index (Phi) is 4.17.